The fourth-order valence-corrected chi connectivity index (χ4v) is 2.55. The van der Waals surface area contributed by atoms with E-state index in [0.29, 0.717) is 6.61 Å². The first-order valence-corrected chi connectivity index (χ1v) is 7.32. The molecule has 0 spiro atoms. The van der Waals surface area contributed by atoms with E-state index < -0.39 is 0 Å². The molecule has 0 saturated carbocycles. The predicted molar refractivity (Wildman–Crippen MR) is 78.0 cm³/mol. The topological polar surface area (TPSA) is 30.9 Å². The number of rotatable bonds is 5. The number of halogens is 1. The Morgan fingerprint density at radius 2 is 2.32 bits per heavy atom. The zero-order chi connectivity index (χ0) is 13.7. The molecule has 4 nitrogen and oxygen atoms in total. The van der Waals surface area contributed by atoms with Crippen LogP contribution < -0.4 is 9.47 Å². The molecule has 1 saturated heterocycles. The van der Waals surface area contributed by atoms with E-state index in [1.54, 1.807) is 7.11 Å². The van der Waals surface area contributed by atoms with E-state index >= 15 is 0 Å². The Bertz CT molecular complexity index is 414. The first-order chi connectivity index (χ1) is 9.22. The molecule has 1 aromatic rings. The molecule has 1 aliphatic rings. The maximum Gasteiger partial charge on any atom is 0.133 e. The van der Waals surface area contributed by atoms with Crippen molar-refractivity contribution in [2.75, 3.05) is 40.0 Å². The Balaban J connectivity index is 1.88. The van der Waals surface area contributed by atoms with E-state index in [4.69, 9.17) is 14.2 Å². The molecule has 2 rings (SSSR count). The third-order valence-electron chi connectivity index (χ3n) is 3.23. The number of hydrogen-bond acceptors (Lipinski definition) is 4. The molecule has 1 atom stereocenters. The number of likely N-dealkylation sites (N-methyl/N-ethyl adjacent to an activating group) is 1. The van der Waals surface area contributed by atoms with Gasteiger partial charge in [0.1, 0.15) is 24.2 Å². The van der Waals surface area contributed by atoms with Gasteiger partial charge >= 0.3 is 0 Å². The highest BCUT2D eigenvalue weighted by molar-refractivity contribution is 9.10. The molecule has 106 valence electrons. The van der Waals surface area contributed by atoms with Gasteiger partial charge in [-0.2, -0.15) is 0 Å². The molecule has 1 fully saturated rings. The van der Waals surface area contributed by atoms with Crippen molar-refractivity contribution < 1.29 is 14.2 Å². The van der Waals surface area contributed by atoms with Crippen LogP contribution in [0.2, 0.25) is 0 Å². The van der Waals surface area contributed by atoms with E-state index in [2.05, 4.69) is 27.8 Å². The SMILES string of the molecule is CCN1CCOC(COc2ccc(OC)cc2Br)C1. The van der Waals surface area contributed by atoms with Gasteiger partial charge in [0.2, 0.25) is 0 Å². The van der Waals surface area contributed by atoms with E-state index in [-0.39, 0.29) is 6.10 Å². The van der Waals surface area contributed by atoms with Crippen LogP contribution in [0.4, 0.5) is 0 Å². The second-order valence-corrected chi connectivity index (χ2v) is 5.35. The molecule has 5 heteroatoms. The summed E-state index contributed by atoms with van der Waals surface area (Å²) in [5.74, 6) is 1.63. The molecule has 19 heavy (non-hydrogen) atoms. The van der Waals surface area contributed by atoms with Crippen molar-refractivity contribution in [2.24, 2.45) is 0 Å². The van der Waals surface area contributed by atoms with Crippen LogP contribution in [0, 0.1) is 0 Å². The molecule has 1 aromatic carbocycles. The molecule has 0 N–H and O–H groups in total. The Morgan fingerprint density at radius 1 is 1.47 bits per heavy atom. The van der Waals surface area contributed by atoms with Crippen molar-refractivity contribution in [3.05, 3.63) is 22.7 Å². The summed E-state index contributed by atoms with van der Waals surface area (Å²) in [5.41, 5.74) is 0. The number of ether oxygens (including phenoxy) is 3. The average Bonchev–Trinajstić information content (AvgIpc) is 2.46. The second-order valence-electron chi connectivity index (χ2n) is 4.49. The van der Waals surface area contributed by atoms with Gasteiger partial charge in [0.25, 0.3) is 0 Å². The van der Waals surface area contributed by atoms with Gasteiger partial charge < -0.3 is 14.2 Å². The second kappa shape index (κ2) is 7.12. The fourth-order valence-electron chi connectivity index (χ4n) is 2.08. The number of nitrogens with zero attached hydrogens (tertiary/aromatic N) is 1. The van der Waals surface area contributed by atoms with E-state index in [9.17, 15) is 0 Å². The highest BCUT2D eigenvalue weighted by Crippen LogP contribution is 2.29. The largest absolute Gasteiger partial charge is 0.497 e. The average molecular weight is 330 g/mol. The summed E-state index contributed by atoms with van der Waals surface area (Å²) in [6.45, 7) is 6.53. The number of benzene rings is 1. The summed E-state index contributed by atoms with van der Waals surface area (Å²) >= 11 is 3.48. The summed E-state index contributed by atoms with van der Waals surface area (Å²) in [7, 11) is 1.65. The molecule has 0 aromatic heterocycles. The standard InChI is InChI=1S/C14H20BrNO3/c1-3-16-6-7-18-12(9-16)10-19-14-5-4-11(17-2)8-13(14)15/h4-5,8,12H,3,6-7,9-10H2,1-2H3. The van der Waals surface area contributed by atoms with Gasteiger partial charge in [-0.05, 0) is 40.7 Å². The van der Waals surface area contributed by atoms with E-state index in [0.717, 1.165) is 42.2 Å². The number of methoxy groups -OCH3 is 1. The lowest BCUT2D eigenvalue weighted by Crippen LogP contribution is -2.44. The summed E-state index contributed by atoms with van der Waals surface area (Å²) in [6, 6.07) is 5.69. The molecule has 0 aliphatic carbocycles. The van der Waals surface area contributed by atoms with Crippen LogP contribution in [0.25, 0.3) is 0 Å². The van der Waals surface area contributed by atoms with Crippen molar-refractivity contribution in [3.8, 4) is 11.5 Å². The van der Waals surface area contributed by atoms with Crippen LogP contribution in [0.5, 0.6) is 11.5 Å². The molecule has 0 bridgehead atoms. The van der Waals surface area contributed by atoms with Gasteiger partial charge in [0.05, 0.1) is 18.2 Å². The Kier molecular flexibility index (Phi) is 5.48. The normalized spacial score (nSPS) is 20.3. The molecular formula is C14H20BrNO3. The summed E-state index contributed by atoms with van der Waals surface area (Å²) in [5, 5.41) is 0. The highest BCUT2D eigenvalue weighted by atomic mass is 79.9. The first kappa shape index (κ1) is 14.6. The van der Waals surface area contributed by atoms with E-state index in [1.165, 1.54) is 0 Å². The highest BCUT2D eigenvalue weighted by Gasteiger charge is 2.20. The maximum atomic E-state index is 5.81. The van der Waals surface area contributed by atoms with Crippen LogP contribution in [-0.4, -0.2) is 51.0 Å². The molecule has 1 aliphatic heterocycles. The van der Waals surface area contributed by atoms with Gasteiger partial charge in [0, 0.05) is 13.1 Å². The summed E-state index contributed by atoms with van der Waals surface area (Å²) in [4.78, 5) is 2.38. The Labute approximate surface area is 122 Å². The zero-order valence-electron chi connectivity index (χ0n) is 11.4. The molecule has 1 heterocycles. The minimum absolute atomic E-state index is 0.141. The number of morpholine rings is 1. The zero-order valence-corrected chi connectivity index (χ0v) is 13.0. The van der Waals surface area contributed by atoms with Crippen LogP contribution in [0.3, 0.4) is 0 Å². The van der Waals surface area contributed by atoms with Gasteiger partial charge in [-0.25, -0.2) is 0 Å². The molecular weight excluding hydrogens is 310 g/mol. The van der Waals surface area contributed by atoms with Crippen LogP contribution in [-0.2, 0) is 4.74 Å². The minimum Gasteiger partial charge on any atom is -0.497 e. The minimum atomic E-state index is 0.141. The quantitative estimate of drug-likeness (QED) is 0.830. The van der Waals surface area contributed by atoms with Crippen LogP contribution >= 0.6 is 15.9 Å². The summed E-state index contributed by atoms with van der Waals surface area (Å²) in [6.07, 6.45) is 0.141. The van der Waals surface area contributed by atoms with Crippen molar-refractivity contribution in [1.29, 1.82) is 0 Å². The van der Waals surface area contributed by atoms with Crippen molar-refractivity contribution in [3.63, 3.8) is 0 Å². The summed E-state index contributed by atoms with van der Waals surface area (Å²) < 4.78 is 17.6. The predicted octanol–water partition coefficient (Wildman–Crippen LogP) is 2.56. The lowest BCUT2D eigenvalue weighted by molar-refractivity contribution is -0.0465. The lowest BCUT2D eigenvalue weighted by atomic mass is 10.3. The van der Waals surface area contributed by atoms with E-state index in [1.807, 2.05) is 18.2 Å². The van der Waals surface area contributed by atoms with Crippen LogP contribution in [0.1, 0.15) is 6.92 Å². The maximum absolute atomic E-state index is 5.81. The van der Waals surface area contributed by atoms with Crippen LogP contribution in [0.15, 0.2) is 22.7 Å². The van der Waals surface area contributed by atoms with Crippen molar-refractivity contribution in [1.82, 2.24) is 4.90 Å². The third-order valence-corrected chi connectivity index (χ3v) is 3.85. The first-order valence-electron chi connectivity index (χ1n) is 6.53. The van der Waals surface area contributed by atoms with Crippen molar-refractivity contribution in [2.45, 2.75) is 13.0 Å². The Hall–Kier alpha value is -0.780. The fraction of sp³-hybridized carbons (Fsp3) is 0.571. The monoisotopic (exact) mass is 329 g/mol. The molecule has 1 unspecified atom stereocenters. The van der Waals surface area contributed by atoms with Gasteiger partial charge in [-0.1, -0.05) is 6.92 Å². The van der Waals surface area contributed by atoms with Gasteiger partial charge in [-0.3, -0.25) is 4.90 Å². The smallest absolute Gasteiger partial charge is 0.133 e. The Morgan fingerprint density at radius 3 is 3.00 bits per heavy atom. The lowest BCUT2D eigenvalue weighted by Gasteiger charge is -2.31. The molecule has 0 radical (unpaired) electrons. The van der Waals surface area contributed by atoms with Gasteiger partial charge in [-0.15, -0.1) is 0 Å². The third kappa shape index (κ3) is 4.09. The van der Waals surface area contributed by atoms with Gasteiger partial charge in [0.15, 0.2) is 0 Å². The number of hydrogen-bond donors (Lipinski definition) is 0. The van der Waals surface area contributed by atoms with Crippen molar-refractivity contribution >= 4 is 15.9 Å². The molecule has 0 amide bonds.